The summed E-state index contributed by atoms with van der Waals surface area (Å²) < 4.78 is 5.51. The molecule has 8 heteroatoms. The summed E-state index contributed by atoms with van der Waals surface area (Å²) in [5.41, 5.74) is 1.43. The van der Waals surface area contributed by atoms with Gasteiger partial charge in [0.05, 0.1) is 6.54 Å². The van der Waals surface area contributed by atoms with Gasteiger partial charge in [-0.15, -0.1) is 24.0 Å². The minimum Gasteiger partial charge on any atom is -0.382 e. The monoisotopic (exact) mass is 534 g/mol. The Labute approximate surface area is 196 Å². The van der Waals surface area contributed by atoms with Crippen LogP contribution in [0.5, 0.6) is 0 Å². The van der Waals surface area contributed by atoms with Gasteiger partial charge in [0.25, 0.3) is 0 Å². The molecule has 0 radical (unpaired) electrons. The van der Waals surface area contributed by atoms with E-state index in [1.807, 2.05) is 36.1 Å². The molecule has 2 aliphatic rings. The highest BCUT2D eigenvalue weighted by molar-refractivity contribution is 14.0. The number of aliphatic imine (C=N–C) groups is 1. The molecule has 2 fully saturated rings. The van der Waals surface area contributed by atoms with E-state index < -0.39 is 0 Å². The largest absolute Gasteiger partial charge is 0.382 e. The highest BCUT2D eigenvalue weighted by atomic mass is 127. The van der Waals surface area contributed by atoms with E-state index in [0.717, 1.165) is 44.2 Å². The maximum atomic E-state index is 12.6. The summed E-state index contributed by atoms with van der Waals surface area (Å²) in [7, 11) is 1.78. The van der Waals surface area contributed by atoms with E-state index in [9.17, 15) is 4.79 Å². The van der Waals surface area contributed by atoms with E-state index in [2.05, 4.69) is 15.2 Å². The van der Waals surface area contributed by atoms with Crippen molar-refractivity contribution in [3.8, 4) is 0 Å². The van der Waals surface area contributed by atoms with Crippen LogP contribution in [0.1, 0.15) is 31.7 Å². The number of rotatable bonds is 8. The number of amides is 1. The maximum absolute atomic E-state index is 12.6. The van der Waals surface area contributed by atoms with Gasteiger partial charge in [0.15, 0.2) is 5.96 Å². The highest BCUT2D eigenvalue weighted by Crippen LogP contribution is 2.48. The number of nitrogens with one attached hydrogen (secondary N) is 1. The molecule has 1 aromatic rings. The van der Waals surface area contributed by atoms with Crippen LogP contribution >= 0.6 is 35.6 Å². The van der Waals surface area contributed by atoms with Crippen molar-refractivity contribution in [3.63, 3.8) is 0 Å². The van der Waals surface area contributed by atoms with Crippen molar-refractivity contribution in [3.05, 3.63) is 34.9 Å². The van der Waals surface area contributed by atoms with Crippen LogP contribution in [-0.4, -0.2) is 68.1 Å². The molecular weight excluding hydrogens is 503 g/mol. The topological polar surface area (TPSA) is 57.2 Å². The van der Waals surface area contributed by atoms with Crippen molar-refractivity contribution in [2.75, 3.05) is 46.4 Å². The molecule has 1 heterocycles. The van der Waals surface area contributed by atoms with Crippen molar-refractivity contribution in [2.24, 2.45) is 10.4 Å². The number of guanidine groups is 1. The van der Waals surface area contributed by atoms with E-state index in [-0.39, 0.29) is 29.9 Å². The first-order chi connectivity index (χ1) is 13.5. The average Bonchev–Trinajstić information content (AvgIpc) is 3.46. The van der Waals surface area contributed by atoms with Crippen LogP contribution in [0.25, 0.3) is 0 Å². The summed E-state index contributed by atoms with van der Waals surface area (Å²) in [6, 6.07) is 7.67. The second kappa shape index (κ2) is 11.4. The molecule has 0 bridgehead atoms. The van der Waals surface area contributed by atoms with Crippen LogP contribution in [0.15, 0.2) is 29.3 Å². The lowest BCUT2D eigenvalue weighted by Gasteiger charge is -2.36. The lowest BCUT2D eigenvalue weighted by atomic mass is 10.0. The summed E-state index contributed by atoms with van der Waals surface area (Å²) in [5, 5.41) is 4.21. The number of hydrogen-bond donors (Lipinski definition) is 1. The molecular formula is C21H32ClIN4O2. The summed E-state index contributed by atoms with van der Waals surface area (Å²) in [6.07, 6.45) is 3.55. The van der Waals surface area contributed by atoms with E-state index in [4.69, 9.17) is 16.3 Å². The van der Waals surface area contributed by atoms with Crippen molar-refractivity contribution < 1.29 is 9.53 Å². The third-order valence-electron chi connectivity index (χ3n) is 5.68. The number of hydrogen-bond acceptors (Lipinski definition) is 3. The van der Waals surface area contributed by atoms with E-state index in [1.54, 1.807) is 7.05 Å². The lowest BCUT2D eigenvalue weighted by molar-refractivity contribution is -0.135. The van der Waals surface area contributed by atoms with Gasteiger partial charge in [-0.05, 0) is 49.3 Å². The molecule has 1 amide bonds. The van der Waals surface area contributed by atoms with Crippen LogP contribution in [-0.2, 0) is 16.1 Å². The molecule has 0 atom stereocenters. The number of benzene rings is 1. The molecule has 1 saturated heterocycles. The first-order valence-corrected chi connectivity index (χ1v) is 10.5. The van der Waals surface area contributed by atoms with E-state index in [1.165, 1.54) is 12.8 Å². The van der Waals surface area contributed by atoms with Gasteiger partial charge in [-0.1, -0.05) is 23.7 Å². The predicted molar refractivity (Wildman–Crippen MR) is 128 cm³/mol. The van der Waals surface area contributed by atoms with Crippen LogP contribution in [0.4, 0.5) is 0 Å². The first kappa shape index (κ1) is 24.2. The smallest absolute Gasteiger partial charge is 0.242 e. The van der Waals surface area contributed by atoms with Gasteiger partial charge in [0, 0.05) is 51.5 Å². The number of carbonyl (C=O) groups excluding carboxylic acids is 1. The maximum Gasteiger partial charge on any atom is 0.242 e. The zero-order valence-electron chi connectivity index (χ0n) is 17.3. The van der Waals surface area contributed by atoms with Crippen LogP contribution < -0.4 is 5.32 Å². The quantitative estimate of drug-likeness (QED) is 0.240. The second-order valence-corrected chi connectivity index (χ2v) is 8.15. The molecule has 0 aromatic heterocycles. The Morgan fingerprint density at radius 3 is 2.59 bits per heavy atom. The zero-order valence-corrected chi connectivity index (χ0v) is 20.4. The van der Waals surface area contributed by atoms with Gasteiger partial charge in [0.1, 0.15) is 0 Å². The molecule has 1 saturated carbocycles. The fourth-order valence-electron chi connectivity index (χ4n) is 3.59. The first-order valence-electron chi connectivity index (χ1n) is 10.1. The van der Waals surface area contributed by atoms with Gasteiger partial charge >= 0.3 is 0 Å². The SMILES string of the molecule is CCOCCC1(CNC(=NC)N2CCN(Cc3ccc(Cl)cc3)C(=O)C2)CC1.I. The number of ether oxygens (including phenoxy) is 1. The van der Waals surface area contributed by atoms with Gasteiger partial charge in [-0.25, -0.2) is 0 Å². The molecule has 0 unspecified atom stereocenters. The number of nitrogens with zero attached hydrogens (tertiary/aromatic N) is 3. The predicted octanol–water partition coefficient (Wildman–Crippen LogP) is 3.38. The molecule has 6 nitrogen and oxygen atoms in total. The van der Waals surface area contributed by atoms with Crippen molar-refractivity contribution >= 4 is 47.4 Å². The normalized spacial score (nSPS) is 18.4. The third-order valence-corrected chi connectivity index (χ3v) is 5.93. The minimum absolute atomic E-state index is 0. The lowest BCUT2D eigenvalue weighted by Crippen LogP contribution is -2.55. The Morgan fingerprint density at radius 2 is 2.00 bits per heavy atom. The highest BCUT2D eigenvalue weighted by Gasteiger charge is 2.42. The zero-order chi connectivity index (χ0) is 20.0. The van der Waals surface area contributed by atoms with Crippen molar-refractivity contribution in [1.29, 1.82) is 0 Å². The van der Waals surface area contributed by atoms with Gasteiger partial charge in [-0.2, -0.15) is 0 Å². The van der Waals surface area contributed by atoms with Crippen LogP contribution in [0.2, 0.25) is 5.02 Å². The molecule has 162 valence electrons. The fourth-order valence-corrected chi connectivity index (χ4v) is 3.72. The van der Waals surface area contributed by atoms with Gasteiger partial charge in [-0.3, -0.25) is 9.79 Å². The summed E-state index contributed by atoms with van der Waals surface area (Å²) >= 11 is 5.94. The molecule has 1 aromatic carbocycles. The third kappa shape index (κ3) is 7.00. The average molecular weight is 535 g/mol. The van der Waals surface area contributed by atoms with Crippen LogP contribution in [0, 0.1) is 5.41 Å². The van der Waals surface area contributed by atoms with Crippen LogP contribution in [0.3, 0.4) is 0 Å². The van der Waals surface area contributed by atoms with E-state index >= 15 is 0 Å². The molecule has 1 aliphatic carbocycles. The fraction of sp³-hybridized carbons (Fsp3) is 0.619. The molecule has 1 N–H and O–H groups in total. The molecule has 3 rings (SSSR count). The van der Waals surface area contributed by atoms with Crippen molar-refractivity contribution in [2.45, 2.75) is 32.7 Å². The Balaban J connectivity index is 0.00000300. The summed E-state index contributed by atoms with van der Waals surface area (Å²) in [5.74, 6) is 0.948. The summed E-state index contributed by atoms with van der Waals surface area (Å²) in [6.45, 7) is 6.97. The Kier molecular flexibility index (Phi) is 9.49. The number of piperazine rings is 1. The van der Waals surface area contributed by atoms with Gasteiger partial charge < -0.3 is 19.9 Å². The van der Waals surface area contributed by atoms with Crippen molar-refractivity contribution in [1.82, 2.24) is 15.1 Å². The Morgan fingerprint density at radius 1 is 1.28 bits per heavy atom. The standard InChI is InChI=1S/C21H31ClN4O2.HI/c1-3-28-13-10-21(8-9-21)16-24-20(23-2)26-12-11-25(19(27)15-26)14-17-4-6-18(22)7-5-17;/h4-7H,3,8-16H2,1-2H3,(H,23,24);1H. The Hall–Kier alpha value is -1.06. The molecule has 29 heavy (non-hydrogen) atoms. The summed E-state index contributed by atoms with van der Waals surface area (Å²) in [4.78, 5) is 21.0. The van der Waals surface area contributed by atoms with E-state index in [0.29, 0.717) is 30.1 Å². The number of carbonyl (C=O) groups is 1. The van der Waals surface area contributed by atoms with Gasteiger partial charge in [0.2, 0.25) is 5.91 Å². The minimum atomic E-state index is 0. The second-order valence-electron chi connectivity index (χ2n) is 7.71. The molecule has 1 aliphatic heterocycles. The number of halogens is 2. The Bertz CT molecular complexity index is 694. The molecule has 0 spiro atoms.